The fourth-order valence-corrected chi connectivity index (χ4v) is 9.44. The number of ether oxygens (including phenoxy) is 1. The molecule has 4 heterocycles. The molecule has 1 aliphatic rings. The zero-order chi connectivity index (χ0) is 43.1. The minimum atomic E-state index is -5.29. The monoisotopic (exact) mass is 1010 g/mol. The Kier molecular flexibility index (Phi) is 17.2. The molecule has 0 amide bonds. The van der Waals surface area contributed by atoms with Gasteiger partial charge in [-0.05, 0) is 61.0 Å². The number of aromatic nitrogens is 3. The van der Waals surface area contributed by atoms with Crippen molar-refractivity contribution in [2.45, 2.75) is 23.1 Å². The molecule has 0 saturated carbocycles. The molecule has 0 N–H and O–H groups in total. The van der Waals surface area contributed by atoms with Crippen LogP contribution in [0.2, 0.25) is 0 Å². The molecular weight excluding hydrogens is 982 g/mol. The largest absolute Gasteiger partial charge is 1.00 e. The van der Waals surface area contributed by atoms with E-state index in [1.807, 2.05) is 4.57 Å². The smallest absolute Gasteiger partial charge is 0.747 e. The van der Waals surface area contributed by atoms with Gasteiger partial charge < -0.3 is 37.2 Å². The van der Waals surface area contributed by atoms with Crippen molar-refractivity contribution in [1.29, 1.82) is 0 Å². The van der Waals surface area contributed by atoms with Gasteiger partial charge in [0.25, 0.3) is 5.52 Å². The van der Waals surface area contributed by atoms with E-state index in [4.69, 9.17) is 9.15 Å². The molecule has 0 spiro atoms. The zero-order valence-corrected chi connectivity index (χ0v) is 46.8. The van der Waals surface area contributed by atoms with E-state index < -0.39 is 46.2 Å². The summed E-state index contributed by atoms with van der Waals surface area (Å²) < 4.78 is 132. The number of rotatable bonds is 11. The van der Waals surface area contributed by atoms with E-state index in [1.54, 1.807) is 62.0 Å². The van der Waals surface area contributed by atoms with Gasteiger partial charge in [0.05, 0.1) is 39.7 Å². The Balaban J connectivity index is 0.00000249. The molecule has 0 saturated heterocycles. The number of oxazole rings is 1. The Morgan fingerprint density at radius 1 is 0.857 bits per heavy atom. The fraction of sp³-hybridized carbons (Fsp3) is 0.132. The van der Waals surface area contributed by atoms with Crippen molar-refractivity contribution in [3.05, 3.63) is 102 Å². The summed E-state index contributed by atoms with van der Waals surface area (Å²) >= 11 is 0.676. The molecule has 1 aliphatic heterocycles. The van der Waals surface area contributed by atoms with Gasteiger partial charge in [0.1, 0.15) is 26.1 Å². The van der Waals surface area contributed by atoms with Gasteiger partial charge in [0, 0.05) is 81.6 Å². The SMILES string of the molecule is C=C=C=C([n+]1c(C=C(C=C2Oc3cc4c(cc3N2CS(=O)(=O)[O-])c2cc(S(=O)(=O)[O-])ccc2n4C)CC)oc2cc3c(cc21)c1cc(SOO[O-])ccc1n3C)S(=O)(=O)[O-].[K+].[K+].[K+]. The Morgan fingerprint density at radius 3 is 2.08 bits per heavy atom. The number of allylic oxidation sites excluding steroid dienone is 2. The van der Waals surface area contributed by atoms with Gasteiger partial charge in [-0.25, -0.2) is 25.3 Å². The number of hydrogen-bond acceptors (Lipinski definition) is 16. The van der Waals surface area contributed by atoms with E-state index in [1.165, 1.54) is 36.4 Å². The number of nitrogens with zero attached hydrogens (tertiary/aromatic N) is 4. The van der Waals surface area contributed by atoms with Crippen LogP contribution in [0.25, 0.3) is 65.8 Å². The van der Waals surface area contributed by atoms with Crippen LogP contribution in [-0.2, 0) is 53.8 Å². The first kappa shape index (κ1) is 53.2. The number of fused-ring (bicyclic) bond motifs is 8. The minimum absolute atomic E-state index is 0. The first-order chi connectivity index (χ1) is 28.3. The molecule has 4 aromatic carbocycles. The first-order valence-corrected chi connectivity index (χ1v) is 22.4. The van der Waals surface area contributed by atoms with Gasteiger partial charge in [-0.3, -0.25) is 9.94 Å². The third kappa shape index (κ3) is 10.5. The topological polar surface area (TPSA) is 252 Å². The zero-order valence-electron chi connectivity index (χ0n) is 34.2. The van der Waals surface area contributed by atoms with Crippen LogP contribution in [0.1, 0.15) is 19.2 Å². The first-order valence-electron chi connectivity index (χ1n) is 17.3. The maximum atomic E-state index is 12.8. The minimum Gasteiger partial charge on any atom is -0.747 e. The second-order valence-electron chi connectivity index (χ2n) is 13.4. The molecule has 0 atom stereocenters. The molecule has 310 valence electrons. The summed E-state index contributed by atoms with van der Waals surface area (Å²) in [6, 6.07) is 15.4. The van der Waals surface area contributed by atoms with Gasteiger partial charge in [-0.1, -0.05) is 12.7 Å². The molecule has 0 aliphatic carbocycles. The normalized spacial score (nSPS) is 13.8. The predicted octanol–water partition coefficient (Wildman–Crippen LogP) is -4.52. The summed E-state index contributed by atoms with van der Waals surface area (Å²) in [4.78, 5) is 1.14. The second-order valence-corrected chi connectivity index (χ2v) is 18.3. The molecule has 25 heteroatoms. The van der Waals surface area contributed by atoms with Gasteiger partial charge in [-0.2, -0.15) is 4.33 Å². The molecular formula is C38H27K3N4O14S4. The average molecular weight is 1010 g/mol. The van der Waals surface area contributed by atoms with Crippen LogP contribution < -0.4 is 174 Å². The molecule has 18 nitrogen and oxygen atoms in total. The van der Waals surface area contributed by atoms with Gasteiger partial charge in [-0.15, -0.1) is 4.57 Å². The third-order valence-corrected chi connectivity index (χ3v) is 12.7. The van der Waals surface area contributed by atoms with Crippen molar-refractivity contribution >= 4 is 114 Å². The molecule has 0 fully saturated rings. The summed E-state index contributed by atoms with van der Waals surface area (Å²) in [5.41, 5.74) is 7.72. The fourth-order valence-electron chi connectivity index (χ4n) is 7.35. The van der Waals surface area contributed by atoms with Crippen molar-refractivity contribution < 1.29 is 221 Å². The molecule has 0 unspecified atom stereocenters. The summed E-state index contributed by atoms with van der Waals surface area (Å²) in [7, 11) is -11.6. The summed E-state index contributed by atoms with van der Waals surface area (Å²) in [6.07, 6.45) is 2.98. The van der Waals surface area contributed by atoms with Crippen LogP contribution in [0, 0.1) is 0 Å². The third-order valence-electron chi connectivity index (χ3n) is 9.96. The Hall–Kier alpha value is -0.801. The Morgan fingerprint density at radius 2 is 1.48 bits per heavy atom. The van der Waals surface area contributed by atoms with Crippen LogP contribution in [0.15, 0.2) is 110 Å². The van der Waals surface area contributed by atoms with E-state index in [0.717, 1.165) is 15.0 Å². The molecule has 3 aromatic heterocycles. The van der Waals surface area contributed by atoms with E-state index in [9.17, 15) is 44.2 Å². The maximum absolute atomic E-state index is 12.8. The molecule has 0 bridgehead atoms. The summed E-state index contributed by atoms with van der Waals surface area (Å²) in [5, 5.41) is 15.1. The Labute approximate surface area is 491 Å². The van der Waals surface area contributed by atoms with Crippen molar-refractivity contribution in [3.63, 3.8) is 0 Å². The van der Waals surface area contributed by atoms with Gasteiger partial charge >= 0.3 is 165 Å². The number of hydrogen-bond donors (Lipinski definition) is 0. The predicted molar refractivity (Wildman–Crippen MR) is 213 cm³/mol. The Bertz CT molecular complexity index is 3530. The summed E-state index contributed by atoms with van der Waals surface area (Å²) in [5.74, 6) is -1.27. The number of benzene rings is 4. The number of aryl methyl sites for hydroxylation is 2. The van der Waals surface area contributed by atoms with Crippen LogP contribution in [0.3, 0.4) is 0 Å². The molecule has 8 rings (SSSR count). The molecule has 63 heavy (non-hydrogen) atoms. The molecule has 0 radical (unpaired) electrons. The van der Waals surface area contributed by atoms with Crippen LogP contribution in [-0.4, -0.2) is 53.9 Å². The van der Waals surface area contributed by atoms with E-state index in [-0.39, 0.29) is 195 Å². The van der Waals surface area contributed by atoms with Gasteiger partial charge in [0.2, 0.25) is 11.5 Å². The average Bonchev–Trinajstić information content (AvgIpc) is 3.86. The van der Waals surface area contributed by atoms with Gasteiger partial charge in [0.15, 0.2) is 15.9 Å². The van der Waals surface area contributed by atoms with Crippen LogP contribution in [0.4, 0.5) is 5.69 Å². The standard InChI is InChI=1S/C38H30N4O14S4.3K/c1-5-7-38(60(50,51)52)42-33-17-27-24-14-22(57-56-55-43)8-10-28(24)39(3)31(27)19-35(33)54-37(42)13-21(6-2)12-36-41(20-58(44,45)46)32-16-26-25-15-23(59(47,48)49)9-11-29(25)40(4)30(26)18-34(32)53-36;;;/h8-19H,1,6,20H2,2-4H3,(H3-,43,44,45,46,47,48,49,50,51,52);;;/q;3*+1/p-3. The van der Waals surface area contributed by atoms with Crippen molar-refractivity contribution in [1.82, 2.24) is 9.13 Å². The molecule has 7 aromatic rings. The second kappa shape index (κ2) is 20.4. The van der Waals surface area contributed by atoms with Crippen LogP contribution in [0.5, 0.6) is 5.75 Å². The van der Waals surface area contributed by atoms with Crippen molar-refractivity contribution in [3.8, 4) is 5.75 Å². The maximum Gasteiger partial charge on any atom is 1.00 e. The van der Waals surface area contributed by atoms with E-state index >= 15 is 0 Å². The quantitative estimate of drug-likeness (QED) is 0.0225. The van der Waals surface area contributed by atoms with E-state index in [2.05, 4.69) is 27.4 Å². The van der Waals surface area contributed by atoms with Crippen LogP contribution >= 0.6 is 12.0 Å². The number of anilines is 1. The van der Waals surface area contributed by atoms with E-state index in [0.29, 0.717) is 60.6 Å². The van der Waals surface area contributed by atoms with Crippen molar-refractivity contribution in [2.75, 3.05) is 10.8 Å². The van der Waals surface area contributed by atoms with Crippen molar-refractivity contribution in [2.24, 2.45) is 14.1 Å². The summed E-state index contributed by atoms with van der Waals surface area (Å²) in [6.45, 7) is 5.12.